The average Bonchev–Trinajstić information content (AvgIpc) is 2.93. The first-order valence-electron chi connectivity index (χ1n) is 7.01. The summed E-state index contributed by atoms with van der Waals surface area (Å²) in [6, 6.07) is 5.15. The van der Waals surface area contributed by atoms with Crippen molar-refractivity contribution >= 4 is 11.6 Å². The molecule has 1 aromatic rings. The molecule has 0 radical (unpaired) electrons. The fourth-order valence-corrected chi connectivity index (χ4v) is 2.37. The van der Waals surface area contributed by atoms with Crippen LogP contribution >= 0.6 is 0 Å². The van der Waals surface area contributed by atoms with E-state index in [1.807, 2.05) is 6.92 Å². The van der Waals surface area contributed by atoms with Gasteiger partial charge in [-0.2, -0.15) is 0 Å². The summed E-state index contributed by atoms with van der Waals surface area (Å²) in [6.45, 7) is 3.86. The topological polar surface area (TPSA) is 64.8 Å². The Hall–Kier alpha value is -1.75. The fourth-order valence-electron chi connectivity index (χ4n) is 2.37. The summed E-state index contributed by atoms with van der Waals surface area (Å²) >= 11 is 0. The minimum absolute atomic E-state index is 0.0461. The summed E-state index contributed by atoms with van der Waals surface area (Å²) in [7, 11) is 1.79. The predicted molar refractivity (Wildman–Crippen MR) is 78.0 cm³/mol. The molecule has 1 unspecified atom stereocenters. The van der Waals surface area contributed by atoms with Crippen molar-refractivity contribution in [1.82, 2.24) is 4.90 Å². The monoisotopic (exact) mass is 278 g/mol. The van der Waals surface area contributed by atoms with Gasteiger partial charge < -0.3 is 20.1 Å². The van der Waals surface area contributed by atoms with Crippen LogP contribution in [0.15, 0.2) is 18.2 Å². The molecule has 2 N–H and O–H groups in total. The first kappa shape index (κ1) is 14.7. The summed E-state index contributed by atoms with van der Waals surface area (Å²) in [4.78, 5) is 14.0. The molecule has 1 heterocycles. The number of hydrogen-bond donors (Lipinski definition) is 1. The summed E-state index contributed by atoms with van der Waals surface area (Å²) < 4.78 is 10.9. The Morgan fingerprint density at radius 2 is 2.35 bits per heavy atom. The molecule has 20 heavy (non-hydrogen) atoms. The van der Waals surface area contributed by atoms with Gasteiger partial charge >= 0.3 is 0 Å². The smallest absolute Gasteiger partial charge is 0.253 e. The third kappa shape index (κ3) is 3.42. The van der Waals surface area contributed by atoms with E-state index in [4.69, 9.17) is 15.2 Å². The van der Waals surface area contributed by atoms with E-state index in [0.717, 1.165) is 19.4 Å². The number of hydrogen-bond acceptors (Lipinski definition) is 4. The molecule has 0 aliphatic carbocycles. The van der Waals surface area contributed by atoms with Crippen LogP contribution in [0, 0.1) is 0 Å². The lowest BCUT2D eigenvalue weighted by atomic mass is 10.1. The molecule has 1 aromatic carbocycles. The van der Waals surface area contributed by atoms with Crippen LogP contribution < -0.4 is 10.5 Å². The maximum absolute atomic E-state index is 12.3. The molecule has 5 heteroatoms. The van der Waals surface area contributed by atoms with E-state index in [2.05, 4.69) is 0 Å². The number of carbonyl (C=O) groups is 1. The predicted octanol–water partition coefficient (Wildman–Crippen LogP) is 1.92. The van der Waals surface area contributed by atoms with Gasteiger partial charge in [-0.05, 0) is 38.0 Å². The lowest BCUT2D eigenvalue weighted by Crippen LogP contribution is -2.34. The lowest BCUT2D eigenvalue weighted by molar-refractivity contribution is 0.0587. The van der Waals surface area contributed by atoms with Crippen molar-refractivity contribution in [2.45, 2.75) is 25.9 Å². The molecule has 0 aromatic heterocycles. The van der Waals surface area contributed by atoms with E-state index >= 15 is 0 Å². The number of ether oxygens (including phenoxy) is 2. The molecule has 110 valence electrons. The molecule has 2 rings (SSSR count). The molecule has 1 aliphatic rings. The Morgan fingerprint density at radius 1 is 1.55 bits per heavy atom. The molecule has 1 atom stereocenters. The van der Waals surface area contributed by atoms with Crippen LogP contribution in [-0.2, 0) is 4.74 Å². The van der Waals surface area contributed by atoms with Crippen LogP contribution in [0.25, 0.3) is 0 Å². The van der Waals surface area contributed by atoms with E-state index in [-0.39, 0.29) is 12.0 Å². The number of rotatable bonds is 5. The maximum Gasteiger partial charge on any atom is 0.253 e. The zero-order valence-electron chi connectivity index (χ0n) is 12.1. The Balaban J connectivity index is 2.02. The summed E-state index contributed by atoms with van der Waals surface area (Å²) in [5.74, 6) is 0.570. The second-order valence-corrected chi connectivity index (χ2v) is 5.01. The molecule has 0 saturated carbocycles. The third-order valence-electron chi connectivity index (χ3n) is 3.40. The minimum Gasteiger partial charge on any atom is -0.492 e. The van der Waals surface area contributed by atoms with Crippen molar-refractivity contribution in [3.8, 4) is 5.75 Å². The number of benzene rings is 1. The Bertz CT molecular complexity index is 470. The molecule has 1 saturated heterocycles. The molecule has 1 aliphatic heterocycles. The third-order valence-corrected chi connectivity index (χ3v) is 3.40. The quantitative estimate of drug-likeness (QED) is 0.836. The van der Waals surface area contributed by atoms with Crippen molar-refractivity contribution < 1.29 is 14.3 Å². The van der Waals surface area contributed by atoms with Gasteiger partial charge in [-0.1, -0.05) is 0 Å². The van der Waals surface area contributed by atoms with Crippen molar-refractivity contribution in [2.75, 3.05) is 32.5 Å². The van der Waals surface area contributed by atoms with Crippen LogP contribution in [0.2, 0.25) is 0 Å². The molecular weight excluding hydrogens is 256 g/mol. The van der Waals surface area contributed by atoms with Gasteiger partial charge in [0.2, 0.25) is 0 Å². The van der Waals surface area contributed by atoms with E-state index in [9.17, 15) is 4.79 Å². The zero-order chi connectivity index (χ0) is 14.5. The van der Waals surface area contributed by atoms with Crippen molar-refractivity contribution in [3.05, 3.63) is 23.8 Å². The highest BCUT2D eigenvalue weighted by molar-refractivity contribution is 5.95. The molecule has 0 spiro atoms. The number of nitrogens with two attached hydrogens (primary N) is 1. The van der Waals surface area contributed by atoms with Crippen LogP contribution in [0.3, 0.4) is 0 Å². The number of amides is 1. The zero-order valence-corrected chi connectivity index (χ0v) is 12.1. The van der Waals surface area contributed by atoms with Gasteiger partial charge in [0.1, 0.15) is 5.75 Å². The number of nitrogen functional groups attached to an aromatic ring is 1. The average molecular weight is 278 g/mol. The Kier molecular flexibility index (Phi) is 4.84. The number of nitrogens with zero attached hydrogens (tertiary/aromatic N) is 1. The van der Waals surface area contributed by atoms with Crippen molar-refractivity contribution in [1.29, 1.82) is 0 Å². The largest absolute Gasteiger partial charge is 0.492 e. The van der Waals surface area contributed by atoms with E-state index < -0.39 is 0 Å². The number of carbonyl (C=O) groups excluding carboxylic acids is 1. The number of anilines is 1. The summed E-state index contributed by atoms with van der Waals surface area (Å²) in [6.07, 6.45) is 2.25. The second kappa shape index (κ2) is 6.61. The van der Waals surface area contributed by atoms with Gasteiger partial charge in [-0.15, -0.1) is 0 Å². The van der Waals surface area contributed by atoms with Gasteiger partial charge in [-0.3, -0.25) is 4.79 Å². The van der Waals surface area contributed by atoms with Crippen LogP contribution in [0.1, 0.15) is 30.1 Å². The molecule has 1 fully saturated rings. The Labute approximate surface area is 119 Å². The van der Waals surface area contributed by atoms with E-state index in [0.29, 0.717) is 30.2 Å². The molecule has 0 bridgehead atoms. The van der Waals surface area contributed by atoms with Crippen molar-refractivity contribution in [3.63, 3.8) is 0 Å². The van der Waals surface area contributed by atoms with Crippen molar-refractivity contribution in [2.24, 2.45) is 0 Å². The SMILES string of the molecule is CCOc1ccc(C(=O)N(C)CC2CCCO2)cc1N. The van der Waals surface area contributed by atoms with Crippen LogP contribution in [0.4, 0.5) is 5.69 Å². The summed E-state index contributed by atoms with van der Waals surface area (Å²) in [5, 5.41) is 0. The highest BCUT2D eigenvalue weighted by Gasteiger charge is 2.21. The lowest BCUT2D eigenvalue weighted by Gasteiger charge is -2.21. The van der Waals surface area contributed by atoms with Crippen LogP contribution in [-0.4, -0.2) is 43.7 Å². The van der Waals surface area contributed by atoms with Gasteiger partial charge in [-0.25, -0.2) is 0 Å². The normalized spacial score (nSPS) is 18.0. The van der Waals surface area contributed by atoms with E-state index in [1.165, 1.54) is 0 Å². The first-order valence-corrected chi connectivity index (χ1v) is 7.01. The highest BCUT2D eigenvalue weighted by atomic mass is 16.5. The Morgan fingerprint density at radius 3 is 2.95 bits per heavy atom. The van der Waals surface area contributed by atoms with Gasteiger partial charge in [0, 0.05) is 25.8 Å². The molecular formula is C15H22N2O3. The van der Waals surface area contributed by atoms with Gasteiger partial charge in [0.25, 0.3) is 5.91 Å². The fraction of sp³-hybridized carbons (Fsp3) is 0.533. The second-order valence-electron chi connectivity index (χ2n) is 5.01. The molecule has 5 nitrogen and oxygen atoms in total. The van der Waals surface area contributed by atoms with Crippen LogP contribution in [0.5, 0.6) is 5.75 Å². The number of likely N-dealkylation sites (N-methyl/N-ethyl adjacent to an activating group) is 1. The van der Waals surface area contributed by atoms with E-state index in [1.54, 1.807) is 30.1 Å². The van der Waals surface area contributed by atoms with Gasteiger partial charge in [0.05, 0.1) is 18.4 Å². The van der Waals surface area contributed by atoms with Gasteiger partial charge in [0.15, 0.2) is 0 Å². The maximum atomic E-state index is 12.3. The minimum atomic E-state index is -0.0461. The first-order chi connectivity index (χ1) is 9.61. The molecule has 1 amide bonds. The summed E-state index contributed by atoms with van der Waals surface area (Å²) in [5.41, 5.74) is 6.95. The standard InChI is InChI=1S/C15H22N2O3/c1-3-19-14-7-6-11(9-13(14)16)15(18)17(2)10-12-5-4-8-20-12/h6-7,9,12H,3-5,8,10,16H2,1-2H3. The highest BCUT2D eigenvalue weighted by Crippen LogP contribution is 2.23.